The molecule has 0 radical (unpaired) electrons. The number of carbonyl (C=O) groups is 1. The van der Waals surface area contributed by atoms with Crippen LogP contribution < -0.4 is 10.2 Å². The van der Waals surface area contributed by atoms with E-state index in [9.17, 15) is 4.79 Å². The average Bonchev–Trinajstić information content (AvgIpc) is 2.66. The lowest BCUT2D eigenvalue weighted by Crippen LogP contribution is -2.31. The number of methoxy groups -OCH3 is 1. The van der Waals surface area contributed by atoms with E-state index < -0.39 is 0 Å². The number of esters is 1. The second kappa shape index (κ2) is 7.48. The van der Waals surface area contributed by atoms with E-state index in [0.717, 1.165) is 25.3 Å². The Kier molecular flexibility index (Phi) is 5.14. The number of nitrogens with zero attached hydrogens (tertiary/aromatic N) is 3. The molecule has 0 amide bonds. The minimum atomic E-state index is -0.310. The van der Waals surface area contributed by atoms with Crippen LogP contribution in [-0.4, -0.2) is 47.3 Å². The van der Waals surface area contributed by atoms with Gasteiger partial charge in [-0.25, -0.2) is 9.78 Å². The maximum Gasteiger partial charge on any atom is 0.337 e. The lowest BCUT2D eigenvalue weighted by Gasteiger charge is -2.30. The Hall–Kier alpha value is -2.67. The molecule has 3 rings (SSSR count). The van der Waals surface area contributed by atoms with Gasteiger partial charge in [0, 0.05) is 25.3 Å². The van der Waals surface area contributed by atoms with Crippen molar-refractivity contribution < 1.29 is 14.6 Å². The zero-order valence-corrected chi connectivity index (χ0v) is 14.4. The summed E-state index contributed by atoms with van der Waals surface area (Å²) in [6.45, 7) is 3.42. The van der Waals surface area contributed by atoms with Crippen LogP contribution in [0.2, 0.25) is 0 Å². The van der Waals surface area contributed by atoms with Crippen molar-refractivity contribution in [3.63, 3.8) is 0 Å². The van der Waals surface area contributed by atoms with Crippen LogP contribution in [0.15, 0.2) is 30.5 Å². The van der Waals surface area contributed by atoms with E-state index in [1.54, 1.807) is 12.3 Å². The van der Waals surface area contributed by atoms with Gasteiger partial charge in [0.25, 0.3) is 0 Å². The fourth-order valence-electron chi connectivity index (χ4n) is 2.85. The summed E-state index contributed by atoms with van der Waals surface area (Å²) in [6, 6.07) is 7.46. The third-order valence-corrected chi connectivity index (χ3v) is 4.25. The van der Waals surface area contributed by atoms with Gasteiger partial charge in [0.2, 0.25) is 5.95 Å². The molecule has 0 spiro atoms. The van der Waals surface area contributed by atoms with Crippen LogP contribution in [0, 0.1) is 0 Å². The Morgan fingerprint density at radius 3 is 3.00 bits per heavy atom. The predicted molar refractivity (Wildman–Crippen MR) is 94.7 cm³/mol. The first-order valence-corrected chi connectivity index (χ1v) is 8.26. The molecule has 25 heavy (non-hydrogen) atoms. The zero-order chi connectivity index (χ0) is 17.8. The maximum atomic E-state index is 11.7. The van der Waals surface area contributed by atoms with Gasteiger partial charge in [0.15, 0.2) is 0 Å². The molecule has 0 saturated heterocycles. The lowest BCUT2D eigenvalue weighted by molar-refractivity contribution is 0.0600. The summed E-state index contributed by atoms with van der Waals surface area (Å²) in [5.74, 6) is 1.03. The highest BCUT2D eigenvalue weighted by atomic mass is 16.5. The van der Waals surface area contributed by atoms with Crippen LogP contribution in [0.4, 0.5) is 11.8 Å². The molecule has 0 bridgehead atoms. The Bertz CT molecular complexity index is 766. The Morgan fingerprint density at radius 2 is 2.24 bits per heavy atom. The van der Waals surface area contributed by atoms with Gasteiger partial charge in [0.05, 0.1) is 19.3 Å². The summed E-state index contributed by atoms with van der Waals surface area (Å²) in [6.07, 6.45) is 2.55. The smallest absolute Gasteiger partial charge is 0.337 e. The van der Waals surface area contributed by atoms with Crippen molar-refractivity contribution in [3.05, 3.63) is 47.2 Å². The molecule has 0 unspecified atom stereocenters. The summed E-state index contributed by atoms with van der Waals surface area (Å²) in [5, 5.41) is 12.2. The molecule has 2 aromatic rings. The van der Waals surface area contributed by atoms with Crippen LogP contribution in [0.1, 0.15) is 28.4 Å². The number of anilines is 2. The molecule has 2 heterocycles. The Morgan fingerprint density at radius 1 is 1.40 bits per heavy atom. The number of nitrogens with one attached hydrogen (secondary N) is 1. The highest BCUT2D eigenvalue weighted by Gasteiger charge is 2.19. The number of fused-ring (bicyclic) bond motifs is 1. The molecule has 7 heteroatoms. The third-order valence-electron chi connectivity index (χ3n) is 4.25. The first kappa shape index (κ1) is 17.2. The van der Waals surface area contributed by atoms with Crippen LogP contribution >= 0.6 is 0 Å². The van der Waals surface area contributed by atoms with Crippen molar-refractivity contribution in [2.45, 2.75) is 25.9 Å². The maximum absolute atomic E-state index is 11.7. The number of aliphatic hydroxyl groups excluding tert-OH is 1. The van der Waals surface area contributed by atoms with Gasteiger partial charge in [-0.05, 0) is 42.7 Å². The van der Waals surface area contributed by atoms with Gasteiger partial charge < -0.3 is 20.1 Å². The number of aromatic nitrogens is 2. The molecule has 1 aliphatic heterocycles. The summed E-state index contributed by atoms with van der Waals surface area (Å²) < 4.78 is 4.78. The number of carbonyl (C=O) groups excluding carboxylic acids is 1. The summed E-state index contributed by atoms with van der Waals surface area (Å²) >= 11 is 0. The number of hydrogen-bond acceptors (Lipinski definition) is 7. The summed E-state index contributed by atoms with van der Waals surface area (Å²) in [7, 11) is 1.39. The number of aliphatic hydroxyl groups is 1. The van der Waals surface area contributed by atoms with Gasteiger partial charge in [-0.3, -0.25) is 0 Å². The summed E-state index contributed by atoms with van der Waals surface area (Å²) in [5.41, 5.74) is 2.93. The molecule has 7 nitrogen and oxygen atoms in total. The Labute approximate surface area is 146 Å². The topological polar surface area (TPSA) is 87.6 Å². The zero-order valence-electron chi connectivity index (χ0n) is 14.4. The molecule has 0 fully saturated rings. The third kappa shape index (κ3) is 3.88. The van der Waals surface area contributed by atoms with Gasteiger partial charge in [-0.2, -0.15) is 4.98 Å². The van der Waals surface area contributed by atoms with Crippen LogP contribution in [0.3, 0.4) is 0 Å². The van der Waals surface area contributed by atoms with Crippen molar-refractivity contribution in [3.8, 4) is 0 Å². The molecule has 1 atom stereocenters. The van der Waals surface area contributed by atoms with Gasteiger partial charge >= 0.3 is 5.97 Å². The normalized spacial score (nSPS) is 14.6. The Balaban J connectivity index is 1.76. The van der Waals surface area contributed by atoms with Crippen LogP contribution in [0.5, 0.6) is 0 Å². The van der Waals surface area contributed by atoms with Crippen molar-refractivity contribution in [1.82, 2.24) is 9.97 Å². The monoisotopic (exact) mass is 342 g/mol. The first-order valence-electron chi connectivity index (χ1n) is 8.26. The fraction of sp³-hybridized carbons (Fsp3) is 0.389. The number of ether oxygens (including phenoxy) is 1. The highest BCUT2D eigenvalue weighted by Crippen LogP contribution is 2.24. The molecule has 0 aliphatic carbocycles. The van der Waals surface area contributed by atoms with E-state index >= 15 is 0 Å². The van der Waals surface area contributed by atoms with Crippen molar-refractivity contribution in [2.24, 2.45) is 0 Å². The molecule has 0 saturated carbocycles. The number of rotatable bonds is 5. The van der Waals surface area contributed by atoms with E-state index in [-0.39, 0.29) is 18.6 Å². The largest absolute Gasteiger partial charge is 0.465 e. The first-order chi connectivity index (χ1) is 12.1. The second-order valence-corrected chi connectivity index (χ2v) is 6.11. The quantitative estimate of drug-likeness (QED) is 0.798. The SMILES string of the molecule is COC(=O)c1ccc2c(c1)CCN(c1ccnc(N[C@H](C)CO)n1)C2. The van der Waals surface area contributed by atoms with Crippen molar-refractivity contribution in [2.75, 3.05) is 30.5 Å². The van der Waals surface area contributed by atoms with Crippen LogP contribution in [0.25, 0.3) is 0 Å². The van der Waals surface area contributed by atoms with Crippen molar-refractivity contribution in [1.29, 1.82) is 0 Å². The van der Waals surface area contributed by atoms with E-state index in [2.05, 4.69) is 20.2 Å². The molecule has 1 aromatic heterocycles. The summed E-state index contributed by atoms with van der Waals surface area (Å²) in [4.78, 5) is 22.6. The molecular formula is C18H22N4O3. The van der Waals surface area contributed by atoms with E-state index in [4.69, 9.17) is 9.84 Å². The molecular weight excluding hydrogens is 320 g/mol. The standard InChI is InChI=1S/C18H22N4O3/c1-12(11-23)20-18-19-7-5-16(21-18)22-8-6-13-9-14(17(24)25-2)3-4-15(13)10-22/h3-5,7,9,12,23H,6,8,10-11H2,1-2H3,(H,19,20,21)/t12-/m1/s1. The lowest BCUT2D eigenvalue weighted by atomic mass is 9.97. The van der Waals surface area contributed by atoms with E-state index in [1.807, 2.05) is 25.1 Å². The molecule has 2 N–H and O–H groups in total. The molecule has 1 aromatic carbocycles. The minimum absolute atomic E-state index is 0.0210. The van der Waals surface area contributed by atoms with Gasteiger partial charge in [0.1, 0.15) is 5.82 Å². The van der Waals surface area contributed by atoms with E-state index in [0.29, 0.717) is 11.5 Å². The minimum Gasteiger partial charge on any atom is -0.465 e. The second-order valence-electron chi connectivity index (χ2n) is 6.11. The average molecular weight is 342 g/mol. The van der Waals surface area contributed by atoms with Gasteiger partial charge in [-0.15, -0.1) is 0 Å². The fourth-order valence-corrected chi connectivity index (χ4v) is 2.85. The number of benzene rings is 1. The molecule has 1 aliphatic rings. The highest BCUT2D eigenvalue weighted by molar-refractivity contribution is 5.89. The van der Waals surface area contributed by atoms with E-state index in [1.165, 1.54) is 18.2 Å². The van der Waals surface area contributed by atoms with Gasteiger partial charge in [-0.1, -0.05) is 6.07 Å². The van der Waals surface area contributed by atoms with Crippen LogP contribution in [-0.2, 0) is 17.7 Å². The number of hydrogen-bond donors (Lipinski definition) is 2. The predicted octanol–water partition coefficient (Wildman–Crippen LogP) is 1.62. The van der Waals surface area contributed by atoms with Crippen molar-refractivity contribution >= 4 is 17.7 Å². The molecule has 132 valence electrons.